The molecule has 140 valence electrons. The van der Waals surface area contributed by atoms with Gasteiger partial charge in [0.2, 0.25) is 0 Å². The maximum absolute atomic E-state index is 12.9. The highest BCUT2D eigenvalue weighted by Crippen LogP contribution is 2.39. The first-order chi connectivity index (χ1) is 13.1. The van der Waals surface area contributed by atoms with Gasteiger partial charge < -0.3 is 15.0 Å². The predicted molar refractivity (Wildman–Crippen MR) is 105 cm³/mol. The Kier molecular flexibility index (Phi) is 5.75. The van der Waals surface area contributed by atoms with Gasteiger partial charge in [-0.2, -0.15) is 0 Å². The average molecular weight is 384 g/mol. The lowest BCUT2D eigenvalue weighted by Crippen LogP contribution is -2.31. The number of rotatable bonds is 6. The number of nitrogens with one attached hydrogen (secondary N) is 2. The fourth-order valence-corrected chi connectivity index (χ4v) is 3.60. The summed E-state index contributed by atoms with van der Waals surface area (Å²) in [5, 5.41) is 3.59. The number of fused-ring (bicyclic) bond motifs is 1. The van der Waals surface area contributed by atoms with Gasteiger partial charge in [-0.05, 0) is 31.5 Å². The number of H-pyrrole nitrogens is 1. The van der Waals surface area contributed by atoms with Crippen LogP contribution in [0, 0.1) is 0 Å². The Hall–Kier alpha value is -2.87. The van der Waals surface area contributed by atoms with Crippen molar-refractivity contribution >= 4 is 23.5 Å². The van der Waals surface area contributed by atoms with E-state index in [-0.39, 0.29) is 12.2 Å². The van der Waals surface area contributed by atoms with Crippen LogP contribution >= 0.6 is 11.8 Å². The van der Waals surface area contributed by atoms with E-state index in [1.807, 2.05) is 0 Å². The van der Waals surface area contributed by atoms with Crippen molar-refractivity contribution in [2.45, 2.75) is 24.9 Å². The molecule has 0 amide bonds. The van der Waals surface area contributed by atoms with Crippen molar-refractivity contribution in [3.8, 4) is 0 Å². The molecule has 1 atom stereocenters. The smallest absolute Gasteiger partial charge is 0.336 e. The molecule has 0 aromatic carbocycles. The quantitative estimate of drug-likeness (QED) is 0.342. The summed E-state index contributed by atoms with van der Waals surface area (Å²) in [4.78, 5) is 36.9. The van der Waals surface area contributed by atoms with Crippen LogP contribution < -0.4 is 10.9 Å². The molecule has 1 unspecified atom stereocenters. The summed E-state index contributed by atoms with van der Waals surface area (Å²) in [7, 11) is 0. The Bertz CT molecular complexity index is 953. The van der Waals surface area contributed by atoms with E-state index in [2.05, 4.69) is 26.8 Å². The molecule has 2 aromatic heterocycles. The fraction of sp³-hybridized carbons (Fsp3) is 0.263. The summed E-state index contributed by atoms with van der Waals surface area (Å²) in [6.07, 6.45) is 5.00. The number of anilines is 1. The van der Waals surface area contributed by atoms with Gasteiger partial charge >= 0.3 is 5.97 Å². The minimum atomic E-state index is -0.585. The summed E-state index contributed by atoms with van der Waals surface area (Å²) >= 11 is 1.38. The standard InChI is InChI=1S/C19H20N4O3S/c1-4-10-27-19-22-16-15(17(24)23-19)14(12-6-8-20-9-7-12)13(11(3)21-16)18(25)26-5-2/h4,6-9,14H,1,5,10H2,2-3H3,(H2,21,22,23,24). The second kappa shape index (κ2) is 8.22. The predicted octanol–water partition coefficient (Wildman–Crippen LogP) is 2.84. The summed E-state index contributed by atoms with van der Waals surface area (Å²) in [5.41, 5.74) is 1.87. The first-order valence-corrected chi connectivity index (χ1v) is 9.48. The van der Waals surface area contributed by atoms with E-state index in [4.69, 9.17) is 4.74 Å². The molecule has 3 rings (SSSR count). The molecule has 7 nitrogen and oxygen atoms in total. The van der Waals surface area contributed by atoms with Gasteiger partial charge in [-0.1, -0.05) is 17.8 Å². The summed E-state index contributed by atoms with van der Waals surface area (Å²) < 4.78 is 5.23. The Morgan fingerprint density at radius 3 is 2.81 bits per heavy atom. The lowest BCUT2D eigenvalue weighted by atomic mass is 9.83. The number of hydrogen-bond donors (Lipinski definition) is 2. The molecule has 0 fully saturated rings. The van der Waals surface area contributed by atoms with Crippen LogP contribution in [0.1, 0.15) is 30.9 Å². The summed E-state index contributed by atoms with van der Waals surface area (Å²) in [6, 6.07) is 3.57. The van der Waals surface area contributed by atoms with E-state index in [0.717, 1.165) is 5.56 Å². The molecular formula is C19H20N4O3S. The number of aromatic nitrogens is 3. The van der Waals surface area contributed by atoms with E-state index in [0.29, 0.717) is 33.6 Å². The number of ether oxygens (including phenoxy) is 1. The first-order valence-electron chi connectivity index (χ1n) is 8.49. The number of esters is 1. The number of pyridine rings is 1. The minimum absolute atomic E-state index is 0.247. The number of hydrogen-bond acceptors (Lipinski definition) is 7. The van der Waals surface area contributed by atoms with Crippen molar-refractivity contribution in [3.05, 3.63) is 69.9 Å². The van der Waals surface area contributed by atoms with Gasteiger partial charge in [0.25, 0.3) is 5.56 Å². The maximum atomic E-state index is 12.9. The molecule has 0 saturated carbocycles. The van der Waals surface area contributed by atoms with Crippen LogP contribution in [0.25, 0.3) is 0 Å². The van der Waals surface area contributed by atoms with Gasteiger partial charge in [-0.3, -0.25) is 9.78 Å². The highest BCUT2D eigenvalue weighted by Gasteiger charge is 2.36. The highest BCUT2D eigenvalue weighted by molar-refractivity contribution is 7.99. The number of aromatic amines is 1. The van der Waals surface area contributed by atoms with Crippen LogP contribution in [-0.4, -0.2) is 33.3 Å². The number of carbonyl (C=O) groups excluding carboxylic acids is 1. The highest BCUT2D eigenvalue weighted by atomic mass is 32.2. The molecule has 0 radical (unpaired) electrons. The molecule has 0 bridgehead atoms. The van der Waals surface area contributed by atoms with Crippen LogP contribution in [0.4, 0.5) is 5.82 Å². The largest absolute Gasteiger partial charge is 0.463 e. The normalized spacial score (nSPS) is 15.7. The Labute approximate surface area is 161 Å². The number of allylic oxidation sites excluding steroid dienone is 1. The second-order valence-corrected chi connectivity index (χ2v) is 6.84. The molecule has 3 heterocycles. The van der Waals surface area contributed by atoms with Crippen molar-refractivity contribution in [1.29, 1.82) is 0 Å². The lowest BCUT2D eigenvalue weighted by molar-refractivity contribution is -0.138. The molecule has 1 aliphatic rings. The van der Waals surface area contributed by atoms with Gasteiger partial charge in [0.15, 0.2) is 5.16 Å². The zero-order chi connectivity index (χ0) is 19.4. The molecule has 8 heteroatoms. The van der Waals surface area contributed by atoms with Crippen molar-refractivity contribution < 1.29 is 9.53 Å². The molecule has 2 N–H and O–H groups in total. The monoisotopic (exact) mass is 384 g/mol. The molecule has 0 spiro atoms. The molecule has 0 aliphatic carbocycles. The number of nitrogens with zero attached hydrogens (tertiary/aromatic N) is 2. The third-order valence-electron chi connectivity index (χ3n) is 4.09. The van der Waals surface area contributed by atoms with Gasteiger partial charge in [0.05, 0.1) is 23.7 Å². The van der Waals surface area contributed by atoms with E-state index >= 15 is 0 Å². The van der Waals surface area contributed by atoms with Crippen molar-refractivity contribution in [3.63, 3.8) is 0 Å². The maximum Gasteiger partial charge on any atom is 0.336 e. The van der Waals surface area contributed by atoms with Crippen molar-refractivity contribution in [2.75, 3.05) is 17.7 Å². The van der Waals surface area contributed by atoms with E-state index in [1.54, 1.807) is 44.4 Å². The van der Waals surface area contributed by atoms with Crippen LogP contribution in [0.5, 0.6) is 0 Å². The van der Waals surface area contributed by atoms with E-state index in [9.17, 15) is 9.59 Å². The van der Waals surface area contributed by atoms with Gasteiger partial charge in [0, 0.05) is 23.8 Å². The Balaban J connectivity index is 2.18. The number of thioether (sulfide) groups is 1. The molecule has 2 aromatic rings. The summed E-state index contributed by atoms with van der Waals surface area (Å²) in [5.74, 6) is 0.0217. The van der Waals surface area contributed by atoms with Crippen LogP contribution in [0.2, 0.25) is 0 Å². The third-order valence-corrected chi connectivity index (χ3v) is 4.96. The molecule has 0 saturated heterocycles. The van der Waals surface area contributed by atoms with Crippen LogP contribution in [0.15, 0.2) is 58.4 Å². The molecule has 1 aliphatic heterocycles. The van der Waals surface area contributed by atoms with Gasteiger partial charge in [-0.25, -0.2) is 9.78 Å². The first kappa shape index (κ1) is 18.9. The van der Waals surface area contributed by atoms with Gasteiger partial charge in [-0.15, -0.1) is 6.58 Å². The SMILES string of the molecule is C=CCSc1nc2c(c(=O)[nH]1)C(c1ccncc1)C(C(=O)OCC)=C(C)N2. The third kappa shape index (κ3) is 3.80. The zero-order valence-corrected chi connectivity index (χ0v) is 15.9. The average Bonchev–Trinajstić information content (AvgIpc) is 2.66. The summed E-state index contributed by atoms with van der Waals surface area (Å²) in [6.45, 7) is 7.45. The van der Waals surface area contributed by atoms with Crippen LogP contribution in [0.3, 0.4) is 0 Å². The zero-order valence-electron chi connectivity index (χ0n) is 15.1. The second-order valence-electron chi connectivity index (χ2n) is 5.83. The van der Waals surface area contributed by atoms with Crippen molar-refractivity contribution in [2.24, 2.45) is 0 Å². The van der Waals surface area contributed by atoms with E-state index < -0.39 is 11.9 Å². The van der Waals surface area contributed by atoms with Gasteiger partial charge in [0.1, 0.15) is 5.82 Å². The van der Waals surface area contributed by atoms with Crippen LogP contribution in [-0.2, 0) is 9.53 Å². The topological polar surface area (TPSA) is 97.0 Å². The molecular weight excluding hydrogens is 364 g/mol. The minimum Gasteiger partial charge on any atom is -0.463 e. The fourth-order valence-electron chi connectivity index (χ4n) is 3.01. The lowest BCUT2D eigenvalue weighted by Gasteiger charge is -2.28. The number of carbonyl (C=O) groups is 1. The Morgan fingerprint density at radius 2 is 2.15 bits per heavy atom. The molecule has 27 heavy (non-hydrogen) atoms. The van der Waals surface area contributed by atoms with E-state index in [1.165, 1.54) is 11.8 Å². The van der Waals surface area contributed by atoms with Crippen molar-refractivity contribution in [1.82, 2.24) is 15.0 Å². The Morgan fingerprint density at radius 1 is 1.41 bits per heavy atom.